The predicted octanol–water partition coefficient (Wildman–Crippen LogP) is 1.63. The van der Waals surface area contributed by atoms with Gasteiger partial charge in [0.2, 0.25) is 0 Å². The van der Waals surface area contributed by atoms with Crippen molar-refractivity contribution in [3.63, 3.8) is 0 Å². The van der Waals surface area contributed by atoms with E-state index in [1.807, 2.05) is 6.92 Å². The van der Waals surface area contributed by atoms with E-state index in [1.54, 1.807) is 4.90 Å². The number of halogens is 1. The lowest BCUT2D eigenvalue weighted by Crippen LogP contribution is -2.32. The average Bonchev–Trinajstić information content (AvgIpc) is 2.69. The molecule has 4 nitrogen and oxygen atoms in total. The topological polar surface area (TPSA) is 46.1 Å². The van der Waals surface area contributed by atoms with E-state index in [2.05, 4.69) is 9.59 Å². The average molecular weight is 234 g/mol. The Labute approximate surface area is 92.0 Å². The molecule has 14 heavy (non-hydrogen) atoms. The lowest BCUT2D eigenvalue weighted by molar-refractivity contribution is 0.0770. The number of amides is 1. The molecule has 0 aliphatic carbocycles. The van der Waals surface area contributed by atoms with Crippen LogP contribution in [0.25, 0.3) is 0 Å². The molecule has 0 aliphatic heterocycles. The molecule has 0 aliphatic rings. The predicted molar refractivity (Wildman–Crippen MR) is 56.8 cm³/mol. The van der Waals surface area contributed by atoms with Crippen LogP contribution in [0.5, 0.6) is 0 Å². The van der Waals surface area contributed by atoms with Gasteiger partial charge in [-0.05, 0) is 18.0 Å². The number of carbonyl (C=O) groups excluding carboxylic acids is 1. The number of rotatable bonds is 5. The largest absolute Gasteiger partial charge is 0.337 e. The van der Waals surface area contributed by atoms with Crippen LogP contribution in [0.3, 0.4) is 0 Å². The van der Waals surface area contributed by atoms with E-state index in [4.69, 9.17) is 11.6 Å². The zero-order valence-electron chi connectivity index (χ0n) is 7.94. The minimum absolute atomic E-state index is 0.0255. The number of aromatic nitrogens is 2. The van der Waals surface area contributed by atoms with Gasteiger partial charge in [-0.1, -0.05) is 11.4 Å². The number of carbonyl (C=O) groups is 1. The van der Waals surface area contributed by atoms with Crippen molar-refractivity contribution in [1.82, 2.24) is 14.5 Å². The molecule has 0 unspecified atom stereocenters. The van der Waals surface area contributed by atoms with Gasteiger partial charge < -0.3 is 4.90 Å². The molecule has 1 heterocycles. The molecule has 1 aromatic heterocycles. The molecule has 0 radical (unpaired) electrons. The molecule has 1 aromatic rings. The molecule has 0 aromatic carbocycles. The van der Waals surface area contributed by atoms with Crippen molar-refractivity contribution < 1.29 is 4.79 Å². The van der Waals surface area contributed by atoms with E-state index in [1.165, 1.54) is 6.20 Å². The van der Waals surface area contributed by atoms with Crippen LogP contribution in [0.2, 0.25) is 0 Å². The highest BCUT2D eigenvalue weighted by atomic mass is 35.5. The van der Waals surface area contributed by atoms with E-state index >= 15 is 0 Å². The molecule has 0 atom stereocenters. The van der Waals surface area contributed by atoms with Gasteiger partial charge in [-0.25, -0.2) is 0 Å². The van der Waals surface area contributed by atoms with Gasteiger partial charge in [-0.3, -0.25) is 4.79 Å². The second-order valence-corrected chi connectivity index (χ2v) is 3.93. The first-order valence-corrected chi connectivity index (χ1v) is 5.73. The summed E-state index contributed by atoms with van der Waals surface area (Å²) in [5.74, 6) is 0.431. The maximum absolute atomic E-state index is 11.8. The molecule has 0 N–H and O–H groups in total. The zero-order valence-corrected chi connectivity index (χ0v) is 9.51. The third-order valence-electron chi connectivity index (χ3n) is 1.71. The maximum Gasteiger partial charge on any atom is 0.267 e. The summed E-state index contributed by atoms with van der Waals surface area (Å²) in [5.41, 5.74) is 0. The number of nitrogens with zero attached hydrogens (tertiary/aromatic N) is 3. The summed E-state index contributed by atoms with van der Waals surface area (Å²) < 4.78 is 3.66. The van der Waals surface area contributed by atoms with Crippen LogP contribution in [0, 0.1) is 0 Å². The Morgan fingerprint density at radius 3 is 2.93 bits per heavy atom. The zero-order chi connectivity index (χ0) is 10.4. The second kappa shape index (κ2) is 5.93. The molecule has 78 valence electrons. The van der Waals surface area contributed by atoms with Gasteiger partial charge in [-0.15, -0.1) is 16.7 Å². The van der Waals surface area contributed by atoms with E-state index in [0.717, 1.165) is 24.5 Å². The first-order chi connectivity index (χ1) is 6.79. The summed E-state index contributed by atoms with van der Waals surface area (Å²) in [4.78, 5) is 14.1. The third-order valence-corrected chi connectivity index (χ3v) is 2.53. The van der Waals surface area contributed by atoms with Crippen molar-refractivity contribution in [2.24, 2.45) is 0 Å². The Hall–Kier alpha value is -0.680. The van der Waals surface area contributed by atoms with Crippen LogP contribution >= 0.6 is 23.1 Å². The Morgan fingerprint density at radius 1 is 1.64 bits per heavy atom. The monoisotopic (exact) mass is 233 g/mol. The van der Waals surface area contributed by atoms with E-state index in [9.17, 15) is 4.79 Å². The molecular formula is C8H12ClN3OS. The fourth-order valence-corrected chi connectivity index (χ4v) is 1.79. The quantitative estimate of drug-likeness (QED) is 0.727. The van der Waals surface area contributed by atoms with Crippen LogP contribution in [0.4, 0.5) is 0 Å². The minimum Gasteiger partial charge on any atom is -0.337 e. The molecule has 0 fully saturated rings. The molecule has 1 amide bonds. The summed E-state index contributed by atoms with van der Waals surface area (Å²) in [6.07, 6.45) is 2.42. The van der Waals surface area contributed by atoms with Gasteiger partial charge in [0.15, 0.2) is 0 Å². The fourth-order valence-electron chi connectivity index (χ4n) is 1.10. The van der Waals surface area contributed by atoms with E-state index in [-0.39, 0.29) is 5.91 Å². The fraction of sp³-hybridized carbons (Fsp3) is 0.625. The number of hydrogen-bond acceptors (Lipinski definition) is 4. The molecule has 0 spiro atoms. The van der Waals surface area contributed by atoms with Crippen molar-refractivity contribution in [2.45, 2.75) is 13.3 Å². The highest BCUT2D eigenvalue weighted by molar-refractivity contribution is 7.07. The normalized spacial score (nSPS) is 10.1. The van der Waals surface area contributed by atoms with Gasteiger partial charge in [0.05, 0.1) is 6.20 Å². The van der Waals surface area contributed by atoms with Crippen LogP contribution in [-0.2, 0) is 0 Å². The van der Waals surface area contributed by atoms with Crippen molar-refractivity contribution in [1.29, 1.82) is 0 Å². The van der Waals surface area contributed by atoms with Crippen molar-refractivity contribution >= 4 is 29.0 Å². The Morgan fingerprint density at radius 2 is 2.43 bits per heavy atom. The van der Waals surface area contributed by atoms with Gasteiger partial charge in [0.1, 0.15) is 4.88 Å². The van der Waals surface area contributed by atoms with Gasteiger partial charge in [0.25, 0.3) is 5.91 Å². The minimum atomic E-state index is -0.0255. The molecular weight excluding hydrogens is 222 g/mol. The van der Waals surface area contributed by atoms with E-state index in [0.29, 0.717) is 17.3 Å². The van der Waals surface area contributed by atoms with Crippen LogP contribution in [0.1, 0.15) is 23.0 Å². The lowest BCUT2D eigenvalue weighted by Gasteiger charge is -2.19. The Balaban J connectivity index is 2.63. The molecule has 0 bridgehead atoms. The highest BCUT2D eigenvalue weighted by Gasteiger charge is 2.16. The summed E-state index contributed by atoms with van der Waals surface area (Å²) in [6.45, 7) is 3.33. The summed E-state index contributed by atoms with van der Waals surface area (Å²) >= 11 is 6.73. The summed E-state index contributed by atoms with van der Waals surface area (Å²) in [6, 6.07) is 0. The summed E-state index contributed by atoms with van der Waals surface area (Å²) in [5, 5.41) is 3.63. The van der Waals surface area contributed by atoms with Crippen molar-refractivity contribution in [2.75, 3.05) is 19.0 Å². The first kappa shape index (κ1) is 11.4. The maximum atomic E-state index is 11.8. The van der Waals surface area contributed by atoms with Crippen LogP contribution < -0.4 is 0 Å². The van der Waals surface area contributed by atoms with Crippen LogP contribution in [-0.4, -0.2) is 39.4 Å². The Bertz CT molecular complexity index is 272. The number of hydrogen-bond donors (Lipinski definition) is 0. The highest BCUT2D eigenvalue weighted by Crippen LogP contribution is 2.07. The molecule has 1 rings (SSSR count). The van der Waals surface area contributed by atoms with E-state index < -0.39 is 0 Å². The standard InChI is InChI=1S/C8H12ClN3OS/c1-2-4-12(5-3-9)8(13)7-6-10-11-14-7/h6H,2-5H2,1H3. The Kier molecular flexibility index (Phi) is 4.82. The lowest BCUT2D eigenvalue weighted by atomic mass is 10.3. The first-order valence-electron chi connectivity index (χ1n) is 4.42. The van der Waals surface area contributed by atoms with Gasteiger partial charge >= 0.3 is 0 Å². The SMILES string of the molecule is CCCN(CCCl)C(=O)c1cnns1. The third kappa shape index (κ3) is 2.92. The van der Waals surface area contributed by atoms with Crippen molar-refractivity contribution in [3.05, 3.63) is 11.1 Å². The van der Waals surface area contributed by atoms with Gasteiger partial charge in [0, 0.05) is 19.0 Å². The van der Waals surface area contributed by atoms with Gasteiger partial charge in [-0.2, -0.15) is 0 Å². The van der Waals surface area contributed by atoms with Crippen molar-refractivity contribution in [3.8, 4) is 0 Å². The number of alkyl halides is 1. The molecule has 0 saturated carbocycles. The summed E-state index contributed by atoms with van der Waals surface area (Å²) in [7, 11) is 0. The molecule has 0 saturated heterocycles. The smallest absolute Gasteiger partial charge is 0.267 e. The van der Waals surface area contributed by atoms with Crippen LogP contribution in [0.15, 0.2) is 6.20 Å². The second-order valence-electron chi connectivity index (χ2n) is 2.76. The molecule has 6 heteroatoms.